The van der Waals surface area contributed by atoms with Gasteiger partial charge in [-0.05, 0) is 44.5 Å². The fourth-order valence-corrected chi connectivity index (χ4v) is 4.58. The number of halogens is 4. The second-order valence-corrected chi connectivity index (χ2v) is 9.68. The fraction of sp³-hybridized carbons (Fsp3) is 0.350. The highest BCUT2D eigenvalue weighted by Crippen LogP contribution is 2.38. The molecule has 0 saturated carbocycles. The van der Waals surface area contributed by atoms with E-state index in [2.05, 4.69) is 25.6 Å². The highest BCUT2D eigenvalue weighted by molar-refractivity contribution is 7.86. The van der Waals surface area contributed by atoms with Crippen LogP contribution in [-0.2, 0) is 11.0 Å². The lowest BCUT2D eigenvalue weighted by Crippen LogP contribution is -2.38. The van der Waals surface area contributed by atoms with Gasteiger partial charge in [0.05, 0.1) is 16.4 Å². The van der Waals surface area contributed by atoms with Gasteiger partial charge in [-0.15, -0.1) is 11.3 Å². The Bertz CT molecular complexity index is 1190. The van der Waals surface area contributed by atoms with Crippen molar-refractivity contribution in [2.45, 2.75) is 31.6 Å². The molecule has 0 radical (unpaired) electrons. The Balaban J connectivity index is 1.57. The van der Waals surface area contributed by atoms with Gasteiger partial charge in [-0.2, -0.15) is 13.2 Å². The van der Waals surface area contributed by atoms with Crippen LogP contribution in [0.15, 0.2) is 24.4 Å². The van der Waals surface area contributed by atoms with Crippen LogP contribution >= 0.6 is 11.3 Å². The molecule has 2 atom stereocenters. The molecule has 3 aromatic rings. The molecule has 0 amide bonds. The van der Waals surface area contributed by atoms with Crippen LogP contribution in [0.1, 0.15) is 17.8 Å². The third-order valence-electron chi connectivity index (χ3n) is 4.85. The number of aromatic nitrogens is 3. The largest absolute Gasteiger partial charge is 0.434 e. The molecule has 3 heterocycles. The van der Waals surface area contributed by atoms with Crippen molar-refractivity contribution in [3.63, 3.8) is 0 Å². The van der Waals surface area contributed by atoms with E-state index in [0.717, 1.165) is 38.1 Å². The van der Waals surface area contributed by atoms with Gasteiger partial charge in [0.15, 0.2) is 22.6 Å². The highest BCUT2D eigenvalue weighted by atomic mass is 32.2. The molecule has 1 saturated heterocycles. The number of rotatable bonds is 8. The van der Waals surface area contributed by atoms with E-state index in [9.17, 15) is 21.8 Å². The zero-order valence-corrected chi connectivity index (χ0v) is 19.4. The molecule has 34 heavy (non-hydrogen) atoms. The van der Waals surface area contributed by atoms with E-state index >= 15 is 0 Å². The van der Waals surface area contributed by atoms with E-state index in [1.807, 2.05) is 0 Å². The third kappa shape index (κ3) is 5.62. The fourth-order valence-electron chi connectivity index (χ4n) is 3.30. The summed E-state index contributed by atoms with van der Waals surface area (Å²) in [6.07, 6.45) is 3.59. The average molecular weight is 517 g/mol. The maximum absolute atomic E-state index is 14.6. The summed E-state index contributed by atoms with van der Waals surface area (Å²) >= 11 is 1.25. The van der Waals surface area contributed by atoms with Gasteiger partial charge in [0.1, 0.15) is 4.88 Å². The molecule has 14 heteroatoms. The SMILES string of the molecule is Cc1nc(Oc2ccc(NS(=O)C(F)F)c(F)c2F)c(-c2ccnc(NC3CCCNC3)n2)s1. The summed E-state index contributed by atoms with van der Waals surface area (Å²) < 4.78 is 72.3. The molecule has 8 nitrogen and oxygen atoms in total. The van der Waals surface area contributed by atoms with Gasteiger partial charge in [-0.3, -0.25) is 4.72 Å². The van der Waals surface area contributed by atoms with Gasteiger partial charge >= 0.3 is 5.76 Å². The molecule has 0 bridgehead atoms. The van der Waals surface area contributed by atoms with Gasteiger partial charge in [-0.25, -0.2) is 23.6 Å². The predicted octanol–water partition coefficient (Wildman–Crippen LogP) is 4.44. The minimum absolute atomic E-state index is 0.00153. The Morgan fingerprint density at radius 3 is 2.79 bits per heavy atom. The van der Waals surface area contributed by atoms with E-state index in [-0.39, 0.29) is 11.9 Å². The van der Waals surface area contributed by atoms with Crippen molar-refractivity contribution in [3.05, 3.63) is 41.0 Å². The van der Waals surface area contributed by atoms with Crippen molar-refractivity contribution in [1.29, 1.82) is 0 Å². The number of aryl methyl sites for hydroxylation is 1. The van der Waals surface area contributed by atoms with E-state index in [4.69, 9.17) is 4.74 Å². The number of anilines is 2. The normalized spacial score (nSPS) is 16.9. The number of nitrogens with zero attached hydrogens (tertiary/aromatic N) is 3. The molecule has 4 rings (SSSR count). The smallest absolute Gasteiger partial charge is 0.330 e. The summed E-state index contributed by atoms with van der Waals surface area (Å²) in [5.41, 5.74) is -0.199. The Kier molecular flexibility index (Phi) is 7.58. The first-order valence-corrected chi connectivity index (χ1v) is 12.2. The summed E-state index contributed by atoms with van der Waals surface area (Å²) in [6.45, 7) is 3.49. The maximum atomic E-state index is 14.6. The molecule has 3 N–H and O–H groups in total. The Morgan fingerprint density at radius 1 is 1.24 bits per heavy atom. The monoisotopic (exact) mass is 516 g/mol. The summed E-state index contributed by atoms with van der Waals surface area (Å²) in [5.74, 6) is -6.31. The number of alkyl halides is 2. The lowest BCUT2D eigenvalue weighted by Gasteiger charge is -2.23. The summed E-state index contributed by atoms with van der Waals surface area (Å²) in [5, 5.41) is 7.18. The molecule has 0 aliphatic carbocycles. The van der Waals surface area contributed by atoms with Gasteiger partial charge in [0, 0.05) is 18.8 Å². The topological polar surface area (TPSA) is 101 Å². The van der Waals surface area contributed by atoms with Gasteiger partial charge in [0.25, 0.3) is 0 Å². The quantitative estimate of drug-likeness (QED) is 0.381. The second-order valence-electron chi connectivity index (χ2n) is 7.32. The lowest BCUT2D eigenvalue weighted by molar-refractivity contribution is 0.244. The molecule has 1 aliphatic heterocycles. The van der Waals surface area contributed by atoms with E-state index in [1.165, 1.54) is 11.3 Å². The van der Waals surface area contributed by atoms with Crippen LogP contribution in [0.5, 0.6) is 11.6 Å². The standard InChI is InChI=1S/C20H20F4N6O2S2/c1-10-27-18(32-14-5-4-12(15(21)16(14)22)30-34(31)19(23)24)17(33-10)13-6-8-26-20(29-13)28-11-3-2-7-25-9-11/h4-6,8,11,19,25,30H,2-3,7,9H2,1H3,(H,26,28,29). The number of piperidine rings is 1. The first-order chi connectivity index (χ1) is 16.3. The van der Waals surface area contributed by atoms with Crippen molar-refractivity contribution in [1.82, 2.24) is 20.3 Å². The zero-order valence-electron chi connectivity index (χ0n) is 17.8. The third-order valence-corrected chi connectivity index (χ3v) is 6.57. The van der Waals surface area contributed by atoms with Gasteiger partial charge < -0.3 is 15.4 Å². The number of hydrogen-bond donors (Lipinski definition) is 3. The Hall–Kier alpha value is -2.84. The molecule has 1 fully saturated rings. The minimum atomic E-state index is -3.26. The number of hydrogen-bond acceptors (Lipinski definition) is 8. The van der Waals surface area contributed by atoms with Gasteiger partial charge in [0.2, 0.25) is 17.6 Å². The van der Waals surface area contributed by atoms with Crippen LogP contribution in [0, 0.1) is 18.6 Å². The van der Waals surface area contributed by atoms with Crippen LogP contribution in [0.2, 0.25) is 0 Å². The lowest BCUT2D eigenvalue weighted by atomic mass is 10.1. The van der Waals surface area contributed by atoms with Crippen molar-refractivity contribution in [2.75, 3.05) is 23.1 Å². The number of thiazole rings is 1. The first-order valence-electron chi connectivity index (χ1n) is 10.2. The summed E-state index contributed by atoms with van der Waals surface area (Å²) in [7, 11) is -2.88. The van der Waals surface area contributed by atoms with Gasteiger partial charge in [-0.1, -0.05) is 0 Å². The molecule has 0 spiro atoms. The Morgan fingerprint density at radius 2 is 2.06 bits per heavy atom. The molecule has 2 aromatic heterocycles. The Labute approximate surface area is 198 Å². The van der Waals surface area contributed by atoms with Crippen LogP contribution in [0.25, 0.3) is 10.6 Å². The summed E-state index contributed by atoms with van der Waals surface area (Å²) in [6, 6.07) is 3.82. The first kappa shape index (κ1) is 24.3. The summed E-state index contributed by atoms with van der Waals surface area (Å²) in [4.78, 5) is 13.5. The van der Waals surface area contributed by atoms with Crippen LogP contribution in [0.3, 0.4) is 0 Å². The molecule has 1 aliphatic rings. The maximum Gasteiger partial charge on any atom is 0.330 e. The predicted molar refractivity (Wildman–Crippen MR) is 122 cm³/mol. The second kappa shape index (κ2) is 10.6. The molecule has 182 valence electrons. The van der Waals surface area contributed by atoms with Crippen molar-refractivity contribution < 1.29 is 26.5 Å². The van der Waals surface area contributed by atoms with Crippen LogP contribution < -0.4 is 20.1 Å². The number of nitrogens with one attached hydrogen (secondary N) is 3. The number of ether oxygens (including phenoxy) is 1. The average Bonchev–Trinajstić information content (AvgIpc) is 3.19. The number of benzene rings is 1. The molecule has 1 aromatic carbocycles. The highest BCUT2D eigenvalue weighted by Gasteiger charge is 2.23. The van der Waals surface area contributed by atoms with E-state index in [0.29, 0.717) is 21.5 Å². The van der Waals surface area contributed by atoms with E-state index in [1.54, 1.807) is 23.9 Å². The van der Waals surface area contributed by atoms with Crippen molar-refractivity contribution >= 4 is 34.0 Å². The van der Waals surface area contributed by atoms with E-state index < -0.39 is 39.8 Å². The van der Waals surface area contributed by atoms with Crippen LogP contribution in [0.4, 0.5) is 29.2 Å². The zero-order chi connectivity index (χ0) is 24.2. The molecular formula is C20H20F4N6O2S2. The molecule has 2 unspecified atom stereocenters. The van der Waals surface area contributed by atoms with Crippen molar-refractivity contribution in [3.8, 4) is 22.2 Å². The van der Waals surface area contributed by atoms with Crippen molar-refractivity contribution in [2.24, 2.45) is 0 Å². The van der Waals surface area contributed by atoms with Crippen LogP contribution in [-0.4, -0.2) is 44.0 Å². The minimum Gasteiger partial charge on any atom is -0.434 e. The molecular weight excluding hydrogens is 496 g/mol.